The number of carbonyl (C=O) groups excluding carboxylic acids is 1. The molecule has 2 aromatic rings. The molecule has 1 amide bonds. The quantitative estimate of drug-likeness (QED) is 0.912. The van der Waals surface area contributed by atoms with Gasteiger partial charge in [0, 0.05) is 31.6 Å². The second kappa shape index (κ2) is 7.32. The summed E-state index contributed by atoms with van der Waals surface area (Å²) in [7, 11) is 0. The van der Waals surface area contributed by atoms with E-state index in [9.17, 15) is 9.59 Å². The molecule has 2 aliphatic heterocycles. The molecule has 0 aliphatic carbocycles. The zero-order chi connectivity index (χ0) is 17.9. The average molecular weight is 352 g/mol. The van der Waals surface area contributed by atoms with Gasteiger partial charge in [0.05, 0.1) is 12.2 Å². The molecule has 0 atom stereocenters. The lowest BCUT2D eigenvalue weighted by Gasteiger charge is -2.28. The number of aryl methyl sites for hydroxylation is 1. The van der Waals surface area contributed by atoms with Crippen LogP contribution in [0.3, 0.4) is 0 Å². The summed E-state index contributed by atoms with van der Waals surface area (Å²) in [6, 6.07) is 10.1. The van der Waals surface area contributed by atoms with E-state index in [0.717, 1.165) is 43.6 Å². The van der Waals surface area contributed by atoms with Gasteiger partial charge in [-0.05, 0) is 31.2 Å². The minimum Gasteiger partial charge on any atom is -0.342 e. The van der Waals surface area contributed by atoms with Gasteiger partial charge in [0.25, 0.3) is 5.56 Å². The van der Waals surface area contributed by atoms with E-state index in [-0.39, 0.29) is 11.5 Å². The first-order valence-electron chi connectivity index (χ1n) is 9.39. The van der Waals surface area contributed by atoms with Crippen LogP contribution in [0.4, 0.5) is 5.95 Å². The van der Waals surface area contributed by atoms with Gasteiger partial charge in [0.2, 0.25) is 11.9 Å². The molecule has 3 heterocycles. The fraction of sp³-hybridized carbons (Fsp3) is 0.450. The molecule has 0 bridgehead atoms. The van der Waals surface area contributed by atoms with Gasteiger partial charge in [-0.3, -0.25) is 14.6 Å². The van der Waals surface area contributed by atoms with Crippen LogP contribution < -0.4 is 10.5 Å². The summed E-state index contributed by atoms with van der Waals surface area (Å²) < 4.78 is 0. The van der Waals surface area contributed by atoms with Crippen molar-refractivity contribution in [2.75, 3.05) is 24.5 Å². The Morgan fingerprint density at radius 3 is 2.65 bits per heavy atom. The van der Waals surface area contributed by atoms with E-state index in [4.69, 9.17) is 0 Å². The van der Waals surface area contributed by atoms with Crippen molar-refractivity contribution in [1.29, 1.82) is 0 Å². The molecule has 0 spiro atoms. The van der Waals surface area contributed by atoms with Gasteiger partial charge in [-0.25, -0.2) is 4.98 Å². The highest BCUT2D eigenvalue weighted by Crippen LogP contribution is 2.20. The van der Waals surface area contributed by atoms with Crippen molar-refractivity contribution in [3.8, 4) is 0 Å². The number of fused-ring (bicyclic) bond motifs is 1. The second-order valence-corrected chi connectivity index (χ2v) is 7.06. The smallest absolute Gasteiger partial charge is 0.255 e. The number of hydrogen-bond donors (Lipinski definition) is 1. The third-order valence-electron chi connectivity index (χ3n) is 5.29. The highest BCUT2D eigenvalue weighted by atomic mass is 16.2. The number of nitrogens with one attached hydrogen (secondary N) is 1. The van der Waals surface area contributed by atoms with Gasteiger partial charge in [0.1, 0.15) is 0 Å². The second-order valence-electron chi connectivity index (χ2n) is 7.06. The summed E-state index contributed by atoms with van der Waals surface area (Å²) >= 11 is 0. The number of anilines is 1. The predicted molar refractivity (Wildman–Crippen MR) is 100 cm³/mol. The molecule has 0 radical (unpaired) electrons. The number of hydrogen-bond acceptors (Lipinski definition) is 4. The van der Waals surface area contributed by atoms with Crippen molar-refractivity contribution >= 4 is 11.9 Å². The van der Waals surface area contributed by atoms with Crippen molar-refractivity contribution < 1.29 is 4.79 Å². The molecule has 136 valence electrons. The molecular formula is C20H24N4O2. The SMILES string of the molecule is O=C(CCc1ccccc1)N1CCc2c(nc(N3CCCC3)[nH]c2=O)C1. The summed E-state index contributed by atoms with van der Waals surface area (Å²) in [6.45, 7) is 2.89. The lowest BCUT2D eigenvalue weighted by atomic mass is 10.0. The minimum atomic E-state index is -0.0479. The molecule has 6 heteroatoms. The Labute approximate surface area is 152 Å². The van der Waals surface area contributed by atoms with Crippen LogP contribution in [0.15, 0.2) is 35.1 Å². The number of rotatable bonds is 4. The maximum absolute atomic E-state index is 12.6. The van der Waals surface area contributed by atoms with Crippen LogP contribution in [0, 0.1) is 0 Å². The predicted octanol–water partition coefficient (Wildman–Crippen LogP) is 1.89. The van der Waals surface area contributed by atoms with Crippen molar-refractivity contribution in [3.63, 3.8) is 0 Å². The maximum atomic E-state index is 12.6. The summed E-state index contributed by atoms with van der Waals surface area (Å²) in [4.78, 5) is 36.6. The number of carbonyl (C=O) groups is 1. The van der Waals surface area contributed by atoms with Crippen LogP contribution in [0.5, 0.6) is 0 Å². The van der Waals surface area contributed by atoms with Crippen molar-refractivity contribution in [1.82, 2.24) is 14.9 Å². The van der Waals surface area contributed by atoms with E-state index < -0.39 is 0 Å². The van der Waals surface area contributed by atoms with Gasteiger partial charge in [-0.2, -0.15) is 0 Å². The Balaban J connectivity index is 1.46. The Hall–Kier alpha value is -2.63. The minimum absolute atomic E-state index is 0.0479. The van der Waals surface area contributed by atoms with E-state index in [1.165, 1.54) is 5.56 Å². The van der Waals surface area contributed by atoms with E-state index in [1.54, 1.807) is 0 Å². The topological polar surface area (TPSA) is 69.3 Å². The van der Waals surface area contributed by atoms with Crippen LogP contribution in [-0.4, -0.2) is 40.4 Å². The summed E-state index contributed by atoms with van der Waals surface area (Å²) in [5.41, 5.74) is 2.62. The van der Waals surface area contributed by atoms with Crippen LogP contribution in [0.25, 0.3) is 0 Å². The number of nitrogens with zero attached hydrogens (tertiary/aromatic N) is 3. The molecule has 1 saturated heterocycles. The highest BCUT2D eigenvalue weighted by molar-refractivity contribution is 5.76. The number of aromatic nitrogens is 2. The van der Waals surface area contributed by atoms with Gasteiger partial charge in [0.15, 0.2) is 0 Å². The number of amides is 1. The van der Waals surface area contributed by atoms with Crippen molar-refractivity contribution in [2.45, 2.75) is 38.6 Å². The molecule has 4 rings (SSSR count). The average Bonchev–Trinajstić information content (AvgIpc) is 3.21. The number of H-pyrrole nitrogens is 1. The van der Waals surface area contributed by atoms with Crippen LogP contribution in [0.2, 0.25) is 0 Å². The molecule has 1 aromatic heterocycles. The Morgan fingerprint density at radius 1 is 1.12 bits per heavy atom. The maximum Gasteiger partial charge on any atom is 0.255 e. The van der Waals surface area contributed by atoms with Crippen LogP contribution in [-0.2, 0) is 24.2 Å². The van der Waals surface area contributed by atoms with E-state index in [2.05, 4.69) is 14.9 Å². The van der Waals surface area contributed by atoms with Crippen LogP contribution in [0.1, 0.15) is 36.1 Å². The van der Waals surface area contributed by atoms with Crippen LogP contribution >= 0.6 is 0 Å². The standard InChI is InChI=1S/C20H24N4O2/c25-18(9-8-15-6-2-1-3-7-15)24-13-10-16-17(14-24)21-20(22-19(16)26)23-11-4-5-12-23/h1-3,6-7H,4-5,8-14H2,(H,21,22,26). The lowest BCUT2D eigenvalue weighted by Crippen LogP contribution is -2.40. The molecule has 2 aliphatic rings. The van der Waals surface area contributed by atoms with Gasteiger partial charge >= 0.3 is 0 Å². The molecule has 0 saturated carbocycles. The first-order valence-corrected chi connectivity index (χ1v) is 9.39. The third-order valence-corrected chi connectivity index (χ3v) is 5.29. The van der Waals surface area contributed by atoms with Crippen molar-refractivity contribution in [2.24, 2.45) is 0 Å². The Kier molecular flexibility index (Phi) is 4.73. The first kappa shape index (κ1) is 16.8. The van der Waals surface area contributed by atoms with Crippen molar-refractivity contribution in [3.05, 3.63) is 57.5 Å². The van der Waals surface area contributed by atoms with Gasteiger partial charge in [-0.1, -0.05) is 30.3 Å². The molecular weight excluding hydrogens is 328 g/mol. The van der Waals surface area contributed by atoms with E-state index in [0.29, 0.717) is 31.9 Å². The largest absolute Gasteiger partial charge is 0.342 e. The van der Waals surface area contributed by atoms with E-state index >= 15 is 0 Å². The zero-order valence-electron chi connectivity index (χ0n) is 14.9. The van der Waals surface area contributed by atoms with Gasteiger partial charge < -0.3 is 9.80 Å². The Bertz CT molecular complexity index is 841. The Morgan fingerprint density at radius 2 is 1.88 bits per heavy atom. The lowest BCUT2D eigenvalue weighted by molar-refractivity contribution is -0.132. The molecule has 26 heavy (non-hydrogen) atoms. The monoisotopic (exact) mass is 352 g/mol. The summed E-state index contributed by atoms with van der Waals surface area (Å²) in [5.74, 6) is 0.786. The molecule has 1 fully saturated rings. The number of benzene rings is 1. The van der Waals surface area contributed by atoms with Gasteiger partial charge in [-0.15, -0.1) is 0 Å². The summed E-state index contributed by atoms with van der Waals surface area (Å²) in [6.07, 6.45) is 4.07. The molecule has 0 unspecified atom stereocenters. The zero-order valence-corrected chi connectivity index (χ0v) is 14.9. The third kappa shape index (κ3) is 3.49. The highest BCUT2D eigenvalue weighted by Gasteiger charge is 2.25. The molecule has 1 aromatic carbocycles. The fourth-order valence-corrected chi connectivity index (χ4v) is 3.77. The summed E-state index contributed by atoms with van der Waals surface area (Å²) in [5, 5.41) is 0. The molecule has 1 N–H and O–H groups in total. The van der Waals surface area contributed by atoms with E-state index in [1.807, 2.05) is 35.2 Å². The first-order chi connectivity index (χ1) is 12.7. The fourth-order valence-electron chi connectivity index (χ4n) is 3.77. The number of aromatic amines is 1. The molecule has 6 nitrogen and oxygen atoms in total. The normalized spacial score (nSPS) is 16.6.